The monoisotopic (exact) mass is 417 g/mol. The Balaban J connectivity index is 1.79. The molecule has 0 aromatic heterocycles. The van der Waals surface area contributed by atoms with Gasteiger partial charge in [0.05, 0.1) is 0 Å². The van der Waals surface area contributed by atoms with E-state index in [1.165, 1.54) is 43.4 Å². The van der Waals surface area contributed by atoms with Gasteiger partial charge in [-0.25, -0.2) is 0 Å². The van der Waals surface area contributed by atoms with Crippen LogP contribution in [0.2, 0.25) is 0 Å². The van der Waals surface area contributed by atoms with E-state index in [1.54, 1.807) is 0 Å². The van der Waals surface area contributed by atoms with Gasteiger partial charge in [-0.15, -0.1) is 0 Å². The van der Waals surface area contributed by atoms with Gasteiger partial charge in [-0.05, 0) is 88.7 Å². The zero-order valence-corrected chi connectivity index (χ0v) is 20.6. The third-order valence-electron chi connectivity index (χ3n) is 6.11. The Morgan fingerprint density at radius 2 is 1.48 bits per heavy atom. The van der Waals surface area contributed by atoms with Crippen molar-refractivity contribution < 1.29 is 4.79 Å². The molecule has 1 aromatic rings. The van der Waals surface area contributed by atoms with E-state index in [-0.39, 0.29) is 18.0 Å². The lowest BCUT2D eigenvalue weighted by molar-refractivity contribution is 0.0643. The van der Waals surface area contributed by atoms with Crippen molar-refractivity contribution in [3.8, 4) is 0 Å². The zero-order chi connectivity index (χ0) is 21.6. The Bertz CT molecular complexity index is 613. The van der Waals surface area contributed by atoms with Gasteiger partial charge in [0.2, 0.25) is 0 Å². The first-order valence-electron chi connectivity index (χ1n) is 11.6. The second-order valence-corrected chi connectivity index (χ2v) is 12.3. The molecule has 1 aliphatic rings. The summed E-state index contributed by atoms with van der Waals surface area (Å²) in [5, 5.41) is 0. The van der Waals surface area contributed by atoms with Crippen LogP contribution in [0.3, 0.4) is 0 Å². The van der Waals surface area contributed by atoms with Crippen molar-refractivity contribution in [3.05, 3.63) is 35.4 Å². The van der Waals surface area contributed by atoms with Gasteiger partial charge in [0, 0.05) is 22.4 Å². The molecule has 0 bridgehead atoms. The van der Waals surface area contributed by atoms with Crippen LogP contribution in [0.25, 0.3) is 0 Å². The Morgan fingerprint density at radius 1 is 0.966 bits per heavy atom. The van der Waals surface area contributed by atoms with Crippen molar-refractivity contribution >= 4 is 17.7 Å². The van der Waals surface area contributed by atoms with Crippen LogP contribution in [0.4, 0.5) is 0 Å². The SMILES string of the molecule is CC(C)N(C(=O)c1ccc(CCC2CCC(CSC(C)(C)C)CC2)cc1)C(C)C. The Kier molecular flexibility index (Phi) is 9.13. The molecule has 0 N–H and O–H groups in total. The van der Waals surface area contributed by atoms with Crippen LogP contribution >= 0.6 is 11.8 Å². The summed E-state index contributed by atoms with van der Waals surface area (Å²) in [4.78, 5) is 14.8. The minimum atomic E-state index is 0.146. The second-order valence-electron chi connectivity index (χ2n) is 10.4. The number of hydrogen-bond donors (Lipinski definition) is 0. The van der Waals surface area contributed by atoms with Gasteiger partial charge in [0.25, 0.3) is 5.91 Å². The van der Waals surface area contributed by atoms with E-state index in [0.29, 0.717) is 4.75 Å². The number of benzene rings is 1. The summed E-state index contributed by atoms with van der Waals surface area (Å²) in [5.74, 6) is 3.28. The van der Waals surface area contributed by atoms with E-state index in [1.807, 2.05) is 17.0 Å². The fourth-order valence-corrected chi connectivity index (χ4v) is 5.52. The van der Waals surface area contributed by atoms with Crippen molar-refractivity contribution in [1.29, 1.82) is 0 Å². The molecule has 1 aliphatic carbocycles. The summed E-state index contributed by atoms with van der Waals surface area (Å²) in [6.07, 6.45) is 8.02. The maximum atomic E-state index is 12.8. The smallest absolute Gasteiger partial charge is 0.254 e. The minimum Gasteiger partial charge on any atom is -0.334 e. The number of thioether (sulfide) groups is 1. The van der Waals surface area contributed by atoms with E-state index >= 15 is 0 Å². The highest BCUT2D eigenvalue weighted by atomic mass is 32.2. The van der Waals surface area contributed by atoms with Crippen LogP contribution in [0.15, 0.2) is 24.3 Å². The van der Waals surface area contributed by atoms with Gasteiger partial charge >= 0.3 is 0 Å². The van der Waals surface area contributed by atoms with Gasteiger partial charge < -0.3 is 4.90 Å². The number of amides is 1. The standard InChI is InChI=1S/C26H43NOS/c1-19(2)27(20(3)4)25(28)24-16-14-22(15-17-24)9-8-21-10-12-23(13-11-21)18-29-26(5,6)7/h14-17,19-21,23H,8-13,18H2,1-7H3. The molecule has 1 aromatic carbocycles. The lowest BCUT2D eigenvalue weighted by Gasteiger charge is -2.31. The van der Waals surface area contributed by atoms with Crippen LogP contribution in [0.5, 0.6) is 0 Å². The summed E-state index contributed by atoms with van der Waals surface area (Å²) in [6.45, 7) is 15.3. The van der Waals surface area contributed by atoms with E-state index in [2.05, 4.69) is 72.4 Å². The van der Waals surface area contributed by atoms with E-state index in [4.69, 9.17) is 0 Å². The first-order chi connectivity index (χ1) is 13.6. The molecule has 1 fully saturated rings. The highest BCUT2D eigenvalue weighted by Gasteiger charge is 2.24. The van der Waals surface area contributed by atoms with Crippen LogP contribution in [0.1, 0.15) is 96.5 Å². The molecule has 1 saturated carbocycles. The quantitative estimate of drug-likeness (QED) is 0.445. The molecule has 0 saturated heterocycles. The summed E-state index contributed by atoms with van der Waals surface area (Å²) < 4.78 is 0.395. The lowest BCUT2D eigenvalue weighted by atomic mass is 9.80. The minimum absolute atomic E-state index is 0.146. The molecule has 29 heavy (non-hydrogen) atoms. The van der Waals surface area contributed by atoms with Crippen LogP contribution < -0.4 is 0 Å². The van der Waals surface area contributed by atoms with Crippen molar-refractivity contribution in [3.63, 3.8) is 0 Å². The highest BCUT2D eigenvalue weighted by Crippen LogP contribution is 2.36. The molecular weight excluding hydrogens is 374 g/mol. The summed E-state index contributed by atoms with van der Waals surface area (Å²) in [7, 11) is 0. The molecule has 0 atom stereocenters. The third kappa shape index (κ3) is 8.00. The summed E-state index contributed by atoms with van der Waals surface area (Å²) in [6, 6.07) is 8.82. The Hall–Kier alpha value is -0.960. The molecule has 0 radical (unpaired) electrons. The highest BCUT2D eigenvalue weighted by molar-refractivity contribution is 8.00. The normalized spacial score (nSPS) is 20.3. The van der Waals surface area contributed by atoms with Crippen molar-refractivity contribution in [1.82, 2.24) is 4.90 Å². The first kappa shape index (κ1) is 24.3. The van der Waals surface area contributed by atoms with Crippen molar-refractivity contribution in [2.75, 3.05) is 5.75 Å². The van der Waals surface area contributed by atoms with Crippen LogP contribution in [0, 0.1) is 11.8 Å². The molecule has 0 aliphatic heterocycles. The zero-order valence-electron chi connectivity index (χ0n) is 19.8. The third-order valence-corrected chi connectivity index (χ3v) is 7.61. The van der Waals surface area contributed by atoms with Crippen molar-refractivity contribution in [2.24, 2.45) is 11.8 Å². The number of rotatable bonds is 8. The molecule has 2 nitrogen and oxygen atoms in total. The number of nitrogens with zero attached hydrogens (tertiary/aromatic N) is 1. The largest absolute Gasteiger partial charge is 0.334 e. The van der Waals surface area contributed by atoms with Gasteiger partial charge in [0.1, 0.15) is 0 Å². The van der Waals surface area contributed by atoms with E-state index in [0.717, 1.165) is 23.8 Å². The number of hydrogen-bond acceptors (Lipinski definition) is 2. The summed E-state index contributed by atoms with van der Waals surface area (Å²) in [5.41, 5.74) is 2.18. The van der Waals surface area contributed by atoms with Crippen LogP contribution in [-0.4, -0.2) is 33.4 Å². The molecule has 0 spiro atoms. The molecule has 164 valence electrons. The van der Waals surface area contributed by atoms with Crippen LogP contribution in [-0.2, 0) is 6.42 Å². The molecule has 0 unspecified atom stereocenters. The second kappa shape index (κ2) is 10.9. The first-order valence-corrected chi connectivity index (χ1v) is 12.6. The van der Waals surface area contributed by atoms with Gasteiger partial charge in [-0.3, -0.25) is 4.79 Å². The van der Waals surface area contributed by atoms with E-state index in [9.17, 15) is 4.79 Å². The Labute approximate surface area is 184 Å². The average molecular weight is 418 g/mol. The fourth-order valence-electron chi connectivity index (χ4n) is 4.45. The van der Waals surface area contributed by atoms with Gasteiger partial charge in [-0.2, -0.15) is 11.8 Å². The van der Waals surface area contributed by atoms with E-state index < -0.39 is 0 Å². The maximum Gasteiger partial charge on any atom is 0.254 e. The molecule has 3 heteroatoms. The van der Waals surface area contributed by atoms with Gasteiger partial charge in [0.15, 0.2) is 0 Å². The van der Waals surface area contributed by atoms with Gasteiger partial charge in [-0.1, -0.05) is 45.7 Å². The Morgan fingerprint density at radius 3 is 1.97 bits per heavy atom. The lowest BCUT2D eigenvalue weighted by Crippen LogP contribution is -2.42. The van der Waals surface area contributed by atoms with Crippen molar-refractivity contribution in [2.45, 2.75) is 104 Å². The number of carbonyl (C=O) groups excluding carboxylic acids is 1. The predicted octanol–water partition coefficient (Wildman–Crippen LogP) is 7.22. The maximum absolute atomic E-state index is 12.8. The topological polar surface area (TPSA) is 20.3 Å². The molecule has 2 rings (SSSR count). The molecular formula is C26H43NOS. The summed E-state index contributed by atoms with van der Waals surface area (Å²) >= 11 is 2.13. The number of aryl methyl sites for hydroxylation is 1. The number of carbonyl (C=O) groups is 1. The fraction of sp³-hybridized carbons (Fsp3) is 0.731. The average Bonchev–Trinajstić information content (AvgIpc) is 2.64. The molecule has 1 amide bonds. The molecule has 0 heterocycles. The predicted molar refractivity (Wildman–Crippen MR) is 129 cm³/mol.